The fourth-order valence-corrected chi connectivity index (χ4v) is 12.1. The molecule has 4 aliphatic rings. The van der Waals surface area contributed by atoms with Gasteiger partial charge in [-0.2, -0.15) is 0 Å². The molecule has 0 N–H and O–H groups in total. The number of anilines is 8. The van der Waals surface area contributed by atoms with Gasteiger partial charge in [-0.05, 0) is 148 Å². The lowest BCUT2D eigenvalue weighted by Gasteiger charge is -2.53. The van der Waals surface area contributed by atoms with Gasteiger partial charge in [0.25, 0.3) is 6.71 Å². The number of hydrogen-bond acceptors (Lipinski definition) is 3. The normalized spacial score (nSPS) is 19.5. The van der Waals surface area contributed by atoms with Gasteiger partial charge in [0.15, 0.2) is 0 Å². The van der Waals surface area contributed by atoms with Crippen LogP contribution in [0.5, 0.6) is 0 Å². The number of rotatable bonds is 5. The molecule has 0 amide bonds. The Bertz CT molecular complexity index is 2940. The summed E-state index contributed by atoms with van der Waals surface area (Å²) in [4.78, 5) is 8.05. The highest BCUT2D eigenvalue weighted by atomic mass is 15.3. The zero-order valence-electron chi connectivity index (χ0n) is 39.6. The van der Waals surface area contributed by atoms with E-state index in [4.69, 9.17) is 0 Å². The van der Waals surface area contributed by atoms with Crippen molar-refractivity contribution in [2.24, 2.45) is 0 Å². The van der Waals surface area contributed by atoms with Crippen molar-refractivity contribution in [1.82, 2.24) is 0 Å². The van der Waals surface area contributed by atoms with Crippen LogP contribution < -0.4 is 31.1 Å². The predicted octanol–water partition coefficient (Wildman–Crippen LogP) is 14.4. The Labute approximate surface area is 382 Å². The molecule has 64 heavy (non-hydrogen) atoms. The first-order valence-corrected chi connectivity index (χ1v) is 23.8. The monoisotopic (exact) mass is 836 g/mol. The molecule has 320 valence electrons. The van der Waals surface area contributed by atoms with E-state index >= 15 is 0 Å². The summed E-state index contributed by atoms with van der Waals surface area (Å²) < 4.78 is 0. The minimum atomic E-state index is -0.127. The van der Waals surface area contributed by atoms with Crippen LogP contribution in [-0.2, 0) is 16.2 Å². The maximum absolute atomic E-state index is 2.89. The summed E-state index contributed by atoms with van der Waals surface area (Å²) in [5, 5.41) is 0. The largest absolute Gasteiger partial charge is 0.335 e. The summed E-state index contributed by atoms with van der Waals surface area (Å²) in [7, 11) is 0. The molecule has 1 saturated carbocycles. The molecule has 0 spiro atoms. The van der Waals surface area contributed by atoms with E-state index in [1.807, 2.05) is 0 Å². The van der Waals surface area contributed by atoms with Crippen LogP contribution >= 0.6 is 0 Å². The van der Waals surface area contributed by atoms with Gasteiger partial charge in [-0.3, -0.25) is 0 Å². The maximum atomic E-state index is 2.89. The van der Waals surface area contributed by atoms with Gasteiger partial charge in [0.1, 0.15) is 0 Å². The first kappa shape index (κ1) is 40.8. The second kappa shape index (κ2) is 14.3. The van der Waals surface area contributed by atoms with Crippen LogP contribution in [0.3, 0.4) is 0 Å². The lowest BCUT2D eigenvalue weighted by atomic mass is 9.33. The van der Waals surface area contributed by atoms with Gasteiger partial charge in [-0.25, -0.2) is 0 Å². The zero-order chi connectivity index (χ0) is 44.5. The van der Waals surface area contributed by atoms with Crippen LogP contribution in [0, 0.1) is 13.8 Å². The second-order valence-electron chi connectivity index (χ2n) is 21.9. The molecule has 0 aromatic heterocycles. The van der Waals surface area contributed by atoms with Gasteiger partial charge >= 0.3 is 0 Å². The quantitative estimate of drug-likeness (QED) is 0.160. The molecule has 1 fully saturated rings. The number of nitrogens with zero attached hydrogens (tertiary/aromatic N) is 3. The van der Waals surface area contributed by atoms with Gasteiger partial charge in [-0.15, -0.1) is 0 Å². The second-order valence-corrected chi connectivity index (χ2v) is 21.9. The van der Waals surface area contributed by atoms with Crippen molar-refractivity contribution in [3.8, 4) is 11.1 Å². The van der Waals surface area contributed by atoms with Crippen LogP contribution in [-0.4, -0.2) is 12.3 Å². The Hall–Kier alpha value is -6.00. The molecular weight excluding hydrogens is 773 g/mol. The molecule has 0 bridgehead atoms. The fraction of sp³-hybridized carbons (Fsp3) is 0.300. The van der Waals surface area contributed by atoms with Crippen LogP contribution in [0.25, 0.3) is 11.1 Å². The lowest BCUT2D eigenvalue weighted by molar-refractivity contribution is 0.195. The van der Waals surface area contributed by atoms with E-state index in [9.17, 15) is 0 Å². The Morgan fingerprint density at radius 1 is 0.547 bits per heavy atom. The summed E-state index contributed by atoms with van der Waals surface area (Å²) in [6.07, 6.45) is 4.79. The van der Waals surface area contributed by atoms with Crippen molar-refractivity contribution in [3.63, 3.8) is 0 Å². The minimum Gasteiger partial charge on any atom is -0.335 e. The fourth-order valence-electron chi connectivity index (χ4n) is 12.1. The van der Waals surface area contributed by atoms with Crippen LogP contribution in [0.4, 0.5) is 45.5 Å². The van der Waals surface area contributed by atoms with Gasteiger partial charge in [0, 0.05) is 45.2 Å². The third-order valence-electron chi connectivity index (χ3n) is 15.9. The molecule has 0 radical (unpaired) electrons. The number of fused-ring (bicyclic) bond motifs is 7. The average Bonchev–Trinajstić information content (AvgIpc) is 3.49. The summed E-state index contributed by atoms with van der Waals surface area (Å²) in [6, 6.07) is 56.2. The first-order valence-electron chi connectivity index (χ1n) is 23.8. The molecule has 7 aromatic rings. The van der Waals surface area contributed by atoms with Gasteiger partial charge in [-0.1, -0.05) is 158 Å². The van der Waals surface area contributed by atoms with E-state index in [1.165, 1.54) is 120 Å². The van der Waals surface area contributed by atoms with Crippen molar-refractivity contribution >= 4 is 68.6 Å². The smallest absolute Gasteiger partial charge is 0.252 e. The molecule has 7 aromatic carbocycles. The topological polar surface area (TPSA) is 9.72 Å². The summed E-state index contributed by atoms with van der Waals surface area (Å²) in [6.45, 7) is 23.8. The first-order chi connectivity index (χ1) is 30.6. The zero-order valence-corrected chi connectivity index (χ0v) is 39.6. The molecule has 4 heteroatoms. The van der Waals surface area contributed by atoms with E-state index in [0.29, 0.717) is 0 Å². The SMILES string of the molecule is Cc1ccccc1N(c1cc2c3c(c1)N1c4c(cc(-c5ccccc5)cc4C4(C)CCCCC14C)B3c1cc(C(C)(C)C)ccc1N2c1ccc(C(C)(C)C)cc1)c1ccccc1C. The van der Waals surface area contributed by atoms with E-state index in [0.717, 1.165) is 6.42 Å². The van der Waals surface area contributed by atoms with E-state index in [1.54, 1.807) is 0 Å². The van der Waals surface area contributed by atoms with Crippen LogP contribution in [0.2, 0.25) is 0 Å². The average molecular weight is 836 g/mol. The summed E-state index contributed by atoms with van der Waals surface area (Å²) in [5.74, 6) is 0. The molecule has 1 aliphatic carbocycles. The highest BCUT2D eigenvalue weighted by Gasteiger charge is 2.61. The number of para-hydroxylation sites is 2. The minimum absolute atomic E-state index is 0.0206. The van der Waals surface area contributed by atoms with Gasteiger partial charge in [0.05, 0.1) is 11.2 Å². The third kappa shape index (κ3) is 5.93. The van der Waals surface area contributed by atoms with E-state index < -0.39 is 0 Å². The van der Waals surface area contributed by atoms with E-state index in [-0.39, 0.29) is 28.5 Å². The highest BCUT2D eigenvalue weighted by molar-refractivity contribution is 7.00. The van der Waals surface area contributed by atoms with Crippen molar-refractivity contribution in [2.45, 2.75) is 117 Å². The van der Waals surface area contributed by atoms with Gasteiger partial charge in [0.2, 0.25) is 0 Å². The lowest BCUT2D eigenvalue weighted by Crippen LogP contribution is -2.64. The molecule has 11 rings (SSSR count). The molecule has 2 atom stereocenters. The summed E-state index contributed by atoms with van der Waals surface area (Å²) >= 11 is 0. The third-order valence-corrected chi connectivity index (χ3v) is 15.9. The highest BCUT2D eigenvalue weighted by Crippen LogP contribution is 2.63. The molecule has 3 aliphatic heterocycles. The van der Waals surface area contributed by atoms with Crippen molar-refractivity contribution in [3.05, 3.63) is 173 Å². The van der Waals surface area contributed by atoms with E-state index in [2.05, 4.69) is 230 Å². The van der Waals surface area contributed by atoms with Crippen LogP contribution in [0.15, 0.2) is 146 Å². The Kier molecular flexibility index (Phi) is 9.08. The Balaban J connectivity index is 1.30. The predicted molar refractivity (Wildman–Crippen MR) is 276 cm³/mol. The molecular formula is C60H62BN3. The Morgan fingerprint density at radius 2 is 1.14 bits per heavy atom. The molecule has 2 unspecified atom stereocenters. The Morgan fingerprint density at radius 3 is 1.78 bits per heavy atom. The number of benzene rings is 7. The van der Waals surface area contributed by atoms with Crippen LogP contribution in [0.1, 0.15) is 109 Å². The number of hydrogen-bond donors (Lipinski definition) is 0. The molecule has 3 nitrogen and oxygen atoms in total. The standard InChI is InChI=1S/C60H62BN3/c1-39-20-14-16-24-50(39)63(51-25-17-15-21-40(51)2)46-37-53-55-54(38-46)64-56-47(59(9)32-18-19-33-60(59,64)10)34-42(41-22-12-11-13-23-41)35-49(56)61(55)48-36-44(58(6,7)8)28-31-52(48)62(53)45-29-26-43(27-30-45)57(3,4)5/h11-17,20-31,34-38H,18-19,32-33H2,1-10H3. The van der Waals surface area contributed by atoms with Gasteiger partial charge < -0.3 is 14.7 Å². The van der Waals surface area contributed by atoms with Crippen molar-refractivity contribution < 1.29 is 0 Å². The molecule has 0 saturated heterocycles. The van der Waals surface area contributed by atoms with Crippen molar-refractivity contribution in [2.75, 3.05) is 14.7 Å². The maximum Gasteiger partial charge on any atom is 0.252 e. The van der Waals surface area contributed by atoms with Crippen molar-refractivity contribution in [1.29, 1.82) is 0 Å². The molecule has 3 heterocycles. The summed E-state index contributed by atoms with van der Waals surface area (Å²) in [5.41, 5.74) is 23.5. The number of aryl methyl sites for hydroxylation is 2.